The van der Waals surface area contributed by atoms with Crippen LogP contribution in [0.2, 0.25) is 0 Å². The van der Waals surface area contributed by atoms with Crippen LogP contribution in [0.4, 0.5) is 10.1 Å². The number of halogens is 1. The maximum absolute atomic E-state index is 14.9. The van der Waals surface area contributed by atoms with E-state index in [-0.39, 0.29) is 30.0 Å². The third-order valence-electron chi connectivity index (χ3n) is 7.27. The van der Waals surface area contributed by atoms with Crippen LogP contribution < -0.4 is 9.62 Å². The number of nitrogens with one attached hydrogen (secondary N) is 1. The van der Waals surface area contributed by atoms with E-state index in [9.17, 15) is 22.4 Å². The molecule has 7 nitrogen and oxygen atoms in total. The van der Waals surface area contributed by atoms with Gasteiger partial charge in [0.2, 0.25) is 21.8 Å². The summed E-state index contributed by atoms with van der Waals surface area (Å²) in [6, 6.07) is 21.2. The van der Waals surface area contributed by atoms with Gasteiger partial charge in [-0.3, -0.25) is 13.9 Å². The number of benzene rings is 3. The second kappa shape index (κ2) is 14.0. The number of hydrogen-bond donors (Lipinski definition) is 1. The van der Waals surface area contributed by atoms with Gasteiger partial charge in [-0.1, -0.05) is 88.4 Å². The fourth-order valence-electron chi connectivity index (χ4n) is 4.55. The molecule has 0 radical (unpaired) electrons. The van der Waals surface area contributed by atoms with E-state index < -0.39 is 40.2 Å². The van der Waals surface area contributed by atoms with Gasteiger partial charge in [0.25, 0.3) is 0 Å². The van der Waals surface area contributed by atoms with E-state index in [0.29, 0.717) is 12.1 Å². The number of amides is 2. The molecule has 0 fully saturated rings. The average molecular weight is 596 g/mol. The van der Waals surface area contributed by atoms with Crippen LogP contribution in [0.5, 0.6) is 0 Å². The summed E-state index contributed by atoms with van der Waals surface area (Å²) >= 11 is 0. The minimum Gasteiger partial charge on any atom is -0.352 e. The van der Waals surface area contributed by atoms with Crippen molar-refractivity contribution in [2.75, 3.05) is 17.1 Å². The van der Waals surface area contributed by atoms with Crippen LogP contribution in [0, 0.1) is 5.82 Å². The maximum atomic E-state index is 14.9. The number of rotatable bonds is 12. The number of nitrogens with zero attached hydrogens (tertiary/aromatic N) is 2. The summed E-state index contributed by atoms with van der Waals surface area (Å²) in [6.45, 7) is 9.20. The predicted octanol–water partition coefficient (Wildman–Crippen LogP) is 5.44. The van der Waals surface area contributed by atoms with Crippen molar-refractivity contribution in [2.24, 2.45) is 0 Å². The van der Waals surface area contributed by atoms with Gasteiger partial charge in [-0.2, -0.15) is 0 Å². The highest BCUT2D eigenvalue weighted by molar-refractivity contribution is 7.92. The molecule has 3 aromatic rings. The summed E-state index contributed by atoms with van der Waals surface area (Å²) in [5.74, 6) is -1.53. The Morgan fingerprint density at radius 1 is 0.929 bits per heavy atom. The highest BCUT2D eigenvalue weighted by atomic mass is 32.2. The maximum Gasteiger partial charge on any atom is 0.244 e. The Kier molecular flexibility index (Phi) is 10.9. The molecular formula is C33H42FN3O4S. The molecule has 0 aromatic heterocycles. The number of carbonyl (C=O) groups is 2. The van der Waals surface area contributed by atoms with Crippen molar-refractivity contribution in [3.63, 3.8) is 0 Å². The fraction of sp³-hybridized carbons (Fsp3) is 0.394. The molecule has 3 aromatic carbocycles. The van der Waals surface area contributed by atoms with Crippen LogP contribution in [0.3, 0.4) is 0 Å². The van der Waals surface area contributed by atoms with E-state index in [0.717, 1.165) is 21.7 Å². The quantitative estimate of drug-likeness (QED) is 0.302. The lowest BCUT2D eigenvalue weighted by Crippen LogP contribution is -2.54. The fourth-order valence-corrected chi connectivity index (χ4v) is 5.40. The van der Waals surface area contributed by atoms with Crippen LogP contribution in [-0.4, -0.2) is 50.0 Å². The second-order valence-corrected chi connectivity index (χ2v) is 13.6. The summed E-state index contributed by atoms with van der Waals surface area (Å²) in [5, 5.41) is 2.96. The monoisotopic (exact) mass is 595 g/mol. The normalized spacial score (nSPS) is 13.2. The molecule has 0 spiro atoms. The van der Waals surface area contributed by atoms with Gasteiger partial charge in [-0.25, -0.2) is 12.8 Å². The highest BCUT2D eigenvalue weighted by Gasteiger charge is 2.34. The molecule has 2 amide bonds. The van der Waals surface area contributed by atoms with Crippen molar-refractivity contribution in [1.29, 1.82) is 0 Å². The van der Waals surface area contributed by atoms with Crippen molar-refractivity contribution in [3.05, 3.63) is 101 Å². The van der Waals surface area contributed by atoms with Crippen LogP contribution in [0.25, 0.3) is 0 Å². The zero-order valence-electron chi connectivity index (χ0n) is 25.3. The van der Waals surface area contributed by atoms with E-state index in [1.807, 2.05) is 56.3 Å². The Morgan fingerprint density at radius 2 is 1.52 bits per heavy atom. The Hall–Kier alpha value is -3.72. The molecule has 0 aliphatic rings. The van der Waals surface area contributed by atoms with Crippen molar-refractivity contribution < 1.29 is 22.4 Å². The van der Waals surface area contributed by atoms with Gasteiger partial charge in [0, 0.05) is 24.6 Å². The van der Waals surface area contributed by atoms with Gasteiger partial charge < -0.3 is 10.2 Å². The highest BCUT2D eigenvalue weighted by Crippen LogP contribution is 2.26. The molecule has 0 unspecified atom stereocenters. The van der Waals surface area contributed by atoms with Crippen molar-refractivity contribution in [3.8, 4) is 0 Å². The Balaban J connectivity index is 2.07. The Morgan fingerprint density at radius 3 is 2.07 bits per heavy atom. The zero-order chi connectivity index (χ0) is 31.1. The van der Waals surface area contributed by atoms with Gasteiger partial charge in [-0.05, 0) is 48.1 Å². The van der Waals surface area contributed by atoms with Gasteiger partial charge >= 0.3 is 0 Å². The lowest BCUT2D eigenvalue weighted by molar-refractivity contribution is -0.140. The number of hydrogen-bond acceptors (Lipinski definition) is 4. The third-order valence-corrected chi connectivity index (χ3v) is 8.41. The van der Waals surface area contributed by atoms with E-state index in [4.69, 9.17) is 0 Å². The SMILES string of the molecule is CC[C@@H](C)NC(=O)[C@H](Cc1ccccc1)N(Cc1ccccc1F)C(=O)CN(c1ccc(C(C)(C)C)cc1)S(C)(=O)=O. The lowest BCUT2D eigenvalue weighted by atomic mass is 9.87. The average Bonchev–Trinajstić information content (AvgIpc) is 2.93. The standard InChI is InChI=1S/C33H42FN3O4S/c1-7-24(2)35-32(39)30(21-25-13-9-8-10-14-25)36(22-26-15-11-12-16-29(26)34)31(38)23-37(42(6,40)41)28-19-17-27(18-20-28)33(3,4)5/h8-20,24,30H,7,21-23H2,1-6H3,(H,35,39)/t24-,30+/m1/s1. The summed E-state index contributed by atoms with van der Waals surface area (Å²) in [6.07, 6.45) is 1.89. The summed E-state index contributed by atoms with van der Waals surface area (Å²) in [7, 11) is -3.89. The molecule has 0 heterocycles. The molecule has 42 heavy (non-hydrogen) atoms. The topological polar surface area (TPSA) is 86.8 Å². The minimum absolute atomic E-state index is 0.144. The summed E-state index contributed by atoms with van der Waals surface area (Å²) < 4.78 is 41.9. The number of anilines is 1. The van der Waals surface area contributed by atoms with Crippen LogP contribution in [0.15, 0.2) is 78.9 Å². The van der Waals surface area contributed by atoms with E-state index in [2.05, 4.69) is 26.1 Å². The summed E-state index contributed by atoms with van der Waals surface area (Å²) in [5.41, 5.74) is 2.23. The van der Waals surface area contributed by atoms with Crippen LogP contribution in [0.1, 0.15) is 57.7 Å². The molecule has 0 bridgehead atoms. The van der Waals surface area contributed by atoms with Gasteiger partial charge in [-0.15, -0.1) is 0 Å². The van der Waals surface area contributed by atoms with E-state index in [1.165, 1.54) is 11.0 Å². The zero-order valence-corrected chi connectivity index (χ0v) is 26.1. The second-order valence-electron chi connectivity index (χ2n) is 11.7. The Labute approximate surface area is 249 Å². The molecular weight excluding hydrogens is 553 g/mol. The van der Waals surface area contributed by atoms with E-state index >= 15 is 0 Å². The summed E-state index contributed by atoms with van der Waals surface area (Å²) in [4.78, 5) is 29.1. The van der Waals surface area contributed by atoms with E-state index in [1.54, 1.807) is 30.3 Å². The van der Waals surface area contributed by atoms with Gasteiger partial charge in [0.1, 0.15) is 18.4 Å². The first-order valence-electron chi connectivity index (χ1n) is 14.2. The molecule has 3 rings (SSSR count). The smallest absolute Gasteiger partial charge is 0.244 e. The van der Waals surface area contributed by atoms with Crippen LogP contribution in [-0.2, 0) is 38.0 Å². The molecule has 0 aliphatic heterocycles. The molecule has 0 saturated carbocycles. The molecule has 226 valence electrons. The Bertz CT molecular complexity index is 1450. The molecule has 2 atom stereocenters. The van der Waals surface area contributed by atoms with Gasteiger partial charge in [0.05, 0.1) is 11.9 Å². The van der Waals surface area contributed by atoms with Crippen molar-refractivity contribution in [2.45, 2.75) is 71.5 Å². The molecule has 0 saturated heterocycles. The van der Waals surface area contributed by atoms with Gasteiger partial charge in [0.15, 0.2) is 0 Å². The largest absolute Gasteiger partial charge is 0.352 e. The first-order valence-corrected chi connectivity index (χ1v) is 16.0. The molecule has 1 N–H and O–H groups in total. The number of carbonyl (C=O) groups excluding carboxylic acids is 2. The first-order chi connectivity index (χ1) is 19.7. The number of sulfonamides is 1. The lowest BCUT2D eigenvalue weighted by Gasteiger charge is -2.34. The predicted molar refractivity (Wildman–Crippen MR) is 166 cm³/mol. The first kappa shape index (κ1) is 32.8. The minimum atomic E-state index is -3.89. The van der Waals surface area contributed by atoms with Crippen molar-refractivity contribution >= 4 is 27.5 Å². The molecule has 0 aliphatic carbocycles. The van der Waals surface area contributed by atoms with Crippen molar-refractivity contribution in [1.82, 2.24) is 10.2 Å². The third kappa shape index (κ3) is 8.89. The molecule has 9 heteroatoms. The van der Waals surface area contributed by atoms with Crippen LogP contribution >= 0.6 is 0 Å².